The van der Waals surface area contributed by atoms with E-state index in [0.29, 0.717) is 18.7 Å². The van der Waals surface area contributed by atoms with Crippen molar-refractivity contribution in [3.8, 4) is 0 Å². The smallest absolute Gasteiger partial charge is 0.227 e. The van der Waals surface area contributed by atoms with Gasteiger partial charge in [-0.3, -0.25) is 4.79 Å². The first-order chi connectivity index (χ1) is 8.99. The summed E-state index contributed by atoms with van der Waals surface area (Å²) in [5, 5.41) is 12.7. The molecule has 2 rings (SSSR count). The average molecular weight is 270 g/mol. The summed E-state index contributed by atoms with van der Waals surface area (Å²) in [6.07, 6.45) is -0.615. The fourth-order valence-corrected chi connectivity index (χ4v) is 2.18. The fraction of sp³-hybridized carbons (Fsp3) is 0.462. The zero-order valence-corrected chi connectivity index (χ0v) is 10.6. The first kappa shape index (κ1) is 13.9. The van der Waals surface area contributed by atoms with E-state index in [1.54, 1.807) is 7.05 Å². The van der Waals surface area contributed by atoms with Crippen molar-refractivity contribution in [1.29, 1.82) is 0 Å². The molecule has 1 aliphatic heterocycles. The number of hydrogen-bond acceptors (Lipinski definition) is 3. The Labute approximate surface area is 110 Å². The Hall–Kier alpha value is -1.53. The van der Waals surface area contributed by atoms with Gasteiger partial charge in [0.25, 0.3) is 0 Å². The molecule has 0 radical (unpaired) electrons. The Bertz CT molecular complexity index is 482. The molecule has 1 aromatic rings. The standard InChI is InChI=1S/C13H16F2N2O2/c1-17(11-6-16-7-12(11)18)13(19)5-8-2-3-9(14)10(15)4-8/h2-4,11-12,16,18H,5-7H2,1H3/t11-,12-/m1/s1. The van der Waals surface area contributed by atoms with Crippen LogP contribution >= 0.6 is 0 Å². The lowest BCUT2D eigenvalue weighted by molar-refractivity contribution is -0.132. The fourth-order valence-electron chi connectivity index (χ4n) is 2.18. The van der Waals surface area contributed by atoms with Crippen LogP contribution in [0.5, 0.6) is 0 Å². The van der Waals surface area contributed by atoms with Gasteiger partial charge in [-0.2, -0.15) is 0 Å². The number of nitrogens with zero attached hydrogens (tertiary/aromatic N) is 1. The summed E-state index contributed by atoms with van der Waals surface area (Å²) in [6, 6.07) is 3.12. The predicted molar refractivity (Wildman–Crippen MR) is 65.5 cm³/mol. The van der Waals surface area contributed by atoms with Gasteiger partial charge >= 0.3 is 0 Å². The minimum atomic E-state index is -0.962. The van der Waals surface area contributed by atoms with Crippen molar-refractivity contribution in [1.82, 2.24) is 10.2 Å². The third kappa shape index (κ3) is 3.08. The predicted octanol–water partition coefficient (Wildman–Crippen LogP) is 0.298. The van der Waals surface area contributed by atoms with E-state index in [2.05, 4.69) is 5.32 Å². The van der Waals surface area contributed by atoms with E-state index in [1.807, 2.05) is 0 Å². The lowest BCUT2D eigenvalue weighted by atomic mass is 10.1. The van der Waals surface area contributed by atoms with Crippen LogP contribution in [0.25, 0.3) is 0 Å². The third-order valence-electron chi connectivity index (χ3n) is 3.38. The van der Waals surface area contributed by atoms with Gasteiger partial charge in [0, 0.05) is 20.1 Å². The summed E-state index contributed by atoms with van der Waals surface area (Å²) in [7, 11) is 1.60. The second-order valence-electron chi connectivity index (χ2n) is 4.72. The summed E-state index contributed by atoms with van der Waals surface area (Å²) in [6.45, 7) is 0.981. The molecule has 19 heavy (non-hydrogen) atoms. The second kappa shape index (κ2) is 5.63. The Morgan fingerprint density at radius 3 is 2.74 bits per heavy atom. The molecular weight excluding hydrogens is 254 g/mol. The molecule has 1 fully saturated rings. The highest BCUT2D eigenvalue weighted by Crippen LogP contribution is 2.13. The zero-order valence-electron chi connectivity index (χ0n) is 10.6. The summed E-state index contributed by atoms with van der Waals surface area (Å²) in [5.41, 5.74) is 0.413. The van der Waals surface area contributed by atoms with E-state index in [-0.39, 0.29) is 18.4 Å². The minimum Gasteiger partial charge on any atom is -0.390 e. The van der Waals surface area contributed by atoms with Crippen LogP contribution in [0.1, 0.15) is 5.56 Å². The van der Waals surface area contributed by atoms with Crippen molar-refractivity contribution in [3.05, 3.63) is 35.4 Å². The molecule has 0 spiro atoms. The number of carbonyl (C=O) groups is 1. The van der Waals surface area contributed by atoms with Crippen molar-refractivity contribution < 1.29 is 18.7 Å². The van der Waals surface area contributed by atoms with Crippen LogP contribution in [0.15, 0.2) is 18.2 Å². The quantitative estimate of drug-likeness (QED) is 0.830. The summed E-state index contributed by atoms with van der Waals surface area (Å²) < 4.78 is 25.8. The number of aliphatic hydroxyl groups is 1. The molecular formula is C13H16F2N2O2. The van der Waals surface area contributed by atoms with Crippen LogP contribution in [0, 0.1) is 11.6 Å². The van der Waals surface area contributed by atoms with Gasteiger partial charge in [-0.1, -0.05) is 6.07 Å². The van der Waals surface area contributed by atoms with Crippen LogP contribution in [-0.2, 0) is 11.2 Å². The molecule has 4 nitrogen and oxygen atoms in total. The number of β-amino-alcohol motifs (C(OH)–C–C–N with tert-alkyl or cyclic N) is 1. The van der Waals surface area contributed by atoms with E-state index < -0.39 is 17.7 Å². The Kier molecular flexibility index (Phi) is 4.11. The van der Waals surface area contributed by atoms with Gasteiger partial charge in [0.05, 0.1) is 18.6 Å². The van der Waals surface area contributed by atoms with E-state index in [9.17, 15) is 18.7 Å². The SMILES string of the molecule is CN(C(=O)Cc1ccc(F)c(F)c1)[C@@H]1CNC[C@H]1O. The molecule has 1 heterocycles. The second-order valence-corrected chi connectivity index (χ2v) is 4.72. The van der Waals surface area contributed by atoms with E-state index in [1.165, 1.54) is 11.0 Å². The van der Waals surface area contributed by atoms with E-state index in [0.717, 1.165) is 12.1 Å². The number of carbonyl (C=O) groups excluding carboxylic acids is 1. The molecule has 2 N–H and O–H groups in total. The van der Waals surface area contributed by atoms with Crippen molar-refractivity contribution >= 4 is 5.91 Å². The number of rotatable bonds is 3. The first-order valence-electron chi connectivity index (χ1n) is 6.07. The number of hydrogen-bond donors (Lipinski definition) is 2. The molecule has 0 saturated carbocycles. The summed E-state index contributed by atoms with van der Waals surface area (Å²) >= 11 is 0. The van der Waals surface area contributed by atoms with Crippen LogP contribution in [0.2, 0.25) is 0 Å². The molecule has 1 saturated heterocycles. The van der Waals surface area contributed by atoms with E-state index >= 15 is 0 Å². The topological polar surface area (TPSA) is 52.6 Å². The van der Waals surface area contributed by atoms with Crippen molar-refractivity contribution in [2.24, 2.45) is 0 Å². The number of benzene rings is 1. The minimum absolute atomic E-state index is 0.0169. The number of amides is 1. The maximum atomic E-state index is 13.0. The van der Waals surface area contributed by atoms with Crippen LogP contribution in [0.4, 0.5) is 8.78 Å². The van der Waals surface area contributed by atoms with Crippen molar-refractivity contribution in [2.45, 2.75) is 18.6 Å². The lowest BCUT2D eigenvalue weighted by Crippen LogP contribution is -2.44. The van der Waals surface area contributed by atoms with Crippen molar-refractivity contribution in [3.63, 3.8) is 0 Å². The molecule has 2 atom stereocenters. The highest BCUT2D eigenvalue weighted by Gasteiger charge is 2.30. The Morgan fingerprint density at radius 2 is 2.16 bits per heavy atom. The third-order valence-corrected chi connectivity index (χ3v) is 3.38. The molecule has 1 amide bonds. The maximum absolute atomic E-state index is 13.0. The average Bonchev–Trinajstić information content (AvgIpc) is 2.79. The molecule has 0 bridgehead atoms. The molecule has 0 aromatic heterocycles. The van der Waals surface area contributed by atoms with Crippen molar-refractivity contribution in [2.75, 3.05) is 20.1 Å². The number of likely N-dealkylation sites (N-methyl/N-ethyl adjacent to an activating group) is 1. The van der Waals surface area contributed by atoms with Gasteiger partial charge in [0.2, 0.25) is 5.91 Å². The van der Waals surface area contributed by atoms with Gasteiger partial charge in [0.15, 0.2) is 11.6 Å². The van der Waals surface area contributed by atoms with Crippen LogP contribution in [-0.4, -0.2) is 48.2 Å². The lowest BCUT2D eigenvalue weighted by Gasteiger charge is -2.26. The molecule has 1 aliphatic rings. The van der Waals surface area contributed by atoms with Gasteiger partial charge in [-0.15, -0.1) is 0 Å². The number of aliphatic hydroxyl groups excluding tert-OH is 1. The number of nitrogens with one attached hydrogen (secondary N) is 1. The monoisotopic (exact) mass is 270 g/mol. The Balaban J connectivity index is 2.02. The zero-order chi connectivity index (χ0) is 14.0. The van der Waals surface area contributed by atoms with E-state index in [4.69, 9.17) is 0 Å². The normalized spacial score (nSPS) is 22.5. The van der Waals surface area contributed by atoms with Gasteiger partial charge in [0.1, 0.15) is 0 Å². The highest BCUT2D eigenvalue weighted by atomic mass is 19.2. The summed E-state index contributed by atoms with van der Waals surface area (Å²) in [4.78, 5) is 13.5. The number of halogens is 2. The van der Waals surface area contributed by atoms with Gasteiger partial charge in [-0.25, -0.2) is 8.78 Å². The van der Waals surface area contributed by atoms with Gasteiger partial charge < -0.3 is 15.3 Å². The Morgan fingerprint density at radius 1 is 1.42 bits per heavy atom. The summed E-state index contributed by atoms with van der Waals surface area (Å²) in [5.74, 6) is -2.13. The molecule has 0 unspecified atom stereocenters. The largest absolute Gasteiger partial charge is 0.390 e. The molecule has 104 valence electrons. The van der Waals surface area contributed by atoms with Gasteiger partial charge in [-0.05, 0) is 17.7 Å². The van der Waals surface area contributed by atoms with Crippen LogP contribution < -0.4 is 5.32 Å². The maximum Gasteiger partial charge on any atom is 0.227 e. The first-order valence-corrected chi connectivity index (χ1v) is 6.07. The molecule has 6 heteroatoms. The highest BCUT2D eigenvalue weighted by molar-refractivity contribution is 5.79. The molecule has 1 aromatic carbocycles. The van der Waals surface area contributed by atoms with Crippen LogP contribution in [0.3, 0.4) is 0 Å². The molecule has 0 aliphatic carbocycles.